The van der Waals surface area contributed by atoms with Crippen molar-refractivity contribution < 1.29 is 49.7 Å². The zero-order valence-electron chi connectivity index (χ0n) is 16.3. The zero-order valence-corrected chi connectivity index (χ0v) is 16.3. The Bertz CT molecular complexity index is 957. The van der Waals surface area contributed by atoms with Crippen molar-refractivity contribution in [2.45, 2.75) is 43.5 Å². The molecule has 1 fully saturated rings. The maximum Gasteiger partial charge on any atom is 0.335 e. The molecule has 0 saturated carbocycles. The molecule has 0 bridgehead atoms. The lowest BCUT2D eigenvalue weighted by Crippen LogP contribution is -2.61. The number of Topliss-reactive ketones (excluding diaryl/α,β-unsaturated/α-hetero) is 1. The van der Waals surface area contributed by atoms with Gasteiger partial charge in [0, 0.05) is 12.0 Å². The third-order valence-corrected chi connectivity index (χ3v) is 5.09. The van der Waals surface area contributed by atoms with E-state index >= 15 is 0 Å². The van der Waals surface area contributed by atoms with Crippen LogP contribution in [0.2, 0.25) is 0 Å². The van der Waals surface area contributed by atoms with Crippen LogP contribution in [0.3, 0.4) is 0 Å². The number of aliphatic carboxylic acids is 1. The number of carboxylic acid groups (broad SMARTS) is 1. The van der Waals surface area contributed by atoms with Gasteiger partial charge in [0.25, 0.3) is 0 Å². The number of aromatic hydroxyl groups is 2. The van der Waals surface area contributed by atoms with Gasteiger partial charge in [-0.2, -0.15) is 0 Å². The Hall–Kier alpha value is -3.18. The second-order valence-electron chi connectivity index (χ2n) is 7.21. The summed E-state index contributed by atoms with van der Waals surface area (Å²) < 4.78 is 10.4. The van der Waals surface area contributed by atoms with Crippen molar-refractivity contribution >= 4 is 11.8 Å². The molecule has 1 heterocycles. The zero-order chi connectivity index (χ0) is 22.9. The van der Waals surface area contributed by atoms with Crippen molar-refractivity contribution in [2.75, 3.05) is 0 Å². The highest BCUT2D eigenvalue weighted by Gasteiger charge is 2.48. The Kier molecular flexibility index (Phi) is 6.46. The largest absolute Gasteiger partial charge is 0.508 e. The maximum absolute atomic E-state index is 12.7. The van der Waals surface area contributed by atoms with Crippen LogP contribution >= 0.6 is 0 Å². The SMILES string of the molecule is CC(C(=O)c1ccc(O[C@@H]2O[C@H](C(=O)O)[C@@H](O)[C@H](O)[C@H]2O)cc1O)c1ccc(O)cc1. The van der Waals surface area contributed by atoms with Gasteiger partial charge in [0.2, 0.25) is 6.29 Å². The van der Waals surface area contributed by atoms with Gasteiger partial charge in [-0.05, 0) is 29.8 Å². The van der Waals surface area contributed by atoms with E-state index < -0.39 is 54.1 Å². The van der Waals surface area contributed by atoms with Crippen molar-refractivity contribution in [3.05, 3.63) is 53.6 Å². The first-order chi connectivity index (χ1) is 14.6. The number of ether oxygens (including phenoxy) is 2. The number of phenolic OH excluding ortho intramolecular Hbond substituents is 2. The van der Waals surface area contributed by atoms with Crippen molar-refractivity contribution in [3.8, 4) is 17.2 Å². The normalized spacial score (nSPS) is 26.8. The van der Waals surface area contributed by atoms with E-state index in [4.69, 9.17) is 14.6 Å². The fraction of sp³-hybridized carbons (Fsp3) is 0.333. The molecule has 6 N–H and O–H groups in total. The van der Waals surface area contributed by atoms with Gasteiger partial charge in [0.1, 0.15) is 35.6 Å². The van der Waals surface area contributed by atoms with Crippen LogP contribution in [-0.2, 0) is 9.53 Å². The summed E-state index contributed by atoms with van der Waals surface area (Å²) >= 11 is 0. The third kappa shape index (κ3) is 4.62. The van der Waals surface area contributed by atoms with E-state index in [9.17, 15) is 35.1 Å². The van der Waals surface area contributed by atoms with E-state index in [-0.39, 0.29) is 17.1 Å². The average molecular weight is 434 g/mol. The van der Waals surface area contributed by atoms with Crippen LogP contribution in [0.5, 0.6) is 17.2 Å². The number of carbonyl (C=O) groups is 2. The Labute approximate surface area is 176 Å². The van der Waals surface area contributed by atoms with Crippen LogP contribution in [0.15, 0.2) is 42.5 Å². The van der Waals surface area contributed by atoms with Crippen LogP contribution in [0.25, 0.3) is 0 Å². The highest BCUT2D eigenvalue weighted by molar-refractivity contribution is 6.03. The van der Waals surface area contributed by atoms with Gasteiger partial charge in [0.15, 0.2) is 11.9 Å². The summed E-state index contributed by atoms with van der Waals surface area (Å²) in [4.78, 5) is 23.9. The molecule has 0 spiro atoms. The lowest BCUT2D eigenvalue weighted by molar-refractivity contribution is -0.271. The Morgan fingerprint density at radius 3 is 2.19 bits per heavy atom. The number of hydrogen-bond acceptors (Lipinski definition) is 9. The Balaban J connectivity index is 1.76. The van der Waals surface area contributed by atoms with E-state index in [1.54, 1.807) is 19.1 Å². The second kappa shape index (κ2) is 8.90. The molecule has 166 valence electrons. The molecule has 10 heteroatoms. The van der Waals surface area contributed by atoms with Crippen LogP contribution in [0.4, 0.5) is 0 Å². The lowest BCUT2D eigenvalue weighted by Gasteiger charge is -2.38. The summed E-state index contributed by atoms with van der Waals surface area (Å²) in [6.45, 7) is 1.64. The molecular weight excluding hydrogens is 412 g/mol. The Morgan fingerprint density at radius 2 is 1.61 bits per heavy atom. The van der Waals surface area contributed by atoms with Gasteiger partial charge in [-0.15, -0.1) is 0 Å². The molecule has 2 aromatic carbocycles. The van der Waals surface area contributed by atoms with Crippen LogP contribution in [0.1, 0.15) is 28.8 Å². The predicted molar refractivity (Wildman–Crippen MR) is 104 cm³/mol. The number of benzene rings is 2. The third-order valence-electron chi connectivity index (χ3n) is 5.09. The molecular formula is C21H22O10. The molecule has 1 aliphatic heterocycles. The first-order valence-corrected chi connectivity index (χ1v) is 9.35. The van der Waals surface area contributed by atoms with Gasteiger partial charge in [0.05, 0.1) is 5.56 Å². The summed E-state index contributed by atoms with van der Waals surface area (Å²) in [7, 11) is 0. The number of aliphatic hydroxyl groups excluding tert-OH is 3. The quantitative estimate of drug-likeness (QED) is 0.348. The molecule has 3 rings (SSSR count). The van der Waals surface area contributed by atoms with Crippen molar-refractivity contribution in [1.82, 2.24) is 0 Å². The van der Waals surface area contributed by atoms with Crippen molar-refractivity contribution in [3.63, 3.8) is 0 Å². The topological polar surface area (TPSA) is 174 Å². The first kappa shape index (κ1) is 22.5. The molecule has 0 radical (unpaired) electrons. The van der Waals surface area contributed by atoms with Gasteiger partial charge in [-0.1, -0.05) is 19.1 Å². The predicted octanol–water partition coefficient (Wildman–Crippen LogP) is 0.355. The fourth-order valence-electron chi connectivity index (χ4n) is 3.22. The fourth-order valence-corrected chi connectivity index (χ4v) is 3.22. The molecule has 1 aliphatic rings. The van der Waals surface area contributed by atoms with Crippen LogP contribution < -0.4 is 4.74 Å². The number of ketones is 1. The molecule has 1 unspecified atom stereocenters. The molecule has 0 aliphatic carbocycles. The molecule has 6 atom stereocenters. The minimum Gasteiger partial charge on any atom is -0.508 e. The van der Waals surface area contributed by atoms with Crippen LogP contribution in [0, 0.1) is 0 Å². The summed E-state index contributed by atoms with van der Waals surface area (Å²) in [5.41, 5.74) is 0.630. The highest BCUT2D eigenvalue weighted by Crippen LogP contribution is 2.31. The van der Waals surface area contributed by atoms with E-state index in [2.05, 4.69) is 0 Å². The Morgan fingerprint density at radius 1 is 0.968 bits per heavy atom. The minimum atomic E-state index is -1.86. The summed E-state index contributed by atoms with van der Waals surface area (Å²) in [6, 6.07) is 9.75. The summed E-state index contributed by atoms with van der Waals surface area (Å²) in [6.07, 6.45) is -8.92. The summed E-state index contributed by atoms with van der Waals surface area (Å²) in [5.74, 6) is -3.00. The van der Waals surface area contributed by atoms with Crippen LogP contribution in [-0.4, -0.2) is 73.1 Å². The minimum absolute atomic E-state index is 0.00287. The van der Waals surface area contributed by atoms with E-state index in [0.29, 0.717) is 5.56 Å². The first-order valence-electron chi connectivity index (χ1n) is 9.35. The van der Waals surface area contributed by atoms with Gasteiger partial charge in [-0.25, -0.2) is 4.79 Å². The van der Waals surface area contributed by atoms with E-state index in [0.717, 1.165) is 6.07 Å². The van der Waals surface area contributed by atoms with E-state index in [1.807, 2.05) is 0 Å². The molecule has 0 aromatic heterocycles. The summed E-state index contributed by atoms with van der Waals surface area (Å²) in [5, 5.41) is 58.3. The molecule has 1 saturated heterocycles. The lowest BCUT2D eigenvalue weighted by atomic mass is 9.92. The average Bonchev–Trinajstić information content (AvgIpc) is 2.73. The van der Waals surface area contributed by atoms with Gasteiger partial charge < -0.3 is 40.1 Å². The number of aliphatic hydroxyl groups is 3. The smallest absolute Gasteiger partial charge is 0.335 e. The van der Waals surface area contributed by atoms with Gasteiger partial charge >= 0.3 is 5.97 Å². The number of carbonyl (C=O) groups excluding carboxylic acids is 1. The second-order valence-corrected chi connectivity index (χ2v) is 7.21. The van der Waals surface area contributed by atoms with Crippen molar-refractivity contribution in [2.24, 2.45) is 0 Å². The highest BCUT2D eigenvalue weighted by atomic mass is 16.7. The standard InChI is InChI=1S/C21H22O10/c1-9(10-2-4-11(22)5-3-10)15(24)13-7-6-12(8-14(13)23)30-21-18(27)16(25)17(26)19(31-21)20(28)29/h2-9,16-19,21-23,25-27H,1H3,(H,28,29)/t9?,16-,17-,18+,19-,21+/m0/s1. The monoisotopic (exact) mass is 434 g/mol. The number of carboxylic acids is 1. The van der Waals surface area contributed by atoms with Gasteiger partial charge in [-0.3, -0.25) is 4.79 Å². The number of rotatable bonds is 6. The van der Waals surface area contributed by atoms with E-state index in [1.165, 1.54) is 24.3 Å². The molecule has 2 aromatic rings. The molecule has 31 heavy (non-hydrogen) atoms. The van der Waals surface area contributed by atoms with Crippen molar-refractivity contribution in [1.29, 1.82) is 0 Å². The molecule has 0 amide bonds. The number of hydrogen-bond donors (Lipinski definition) is 6. The molecule has 10 nitrogen and oxygen atoms in total. The maximum atomic E-state index is 12.7. The number of phenols is 2.